The molecule has 0 bridgehead atoms. The first-order chi connectivity index (χ1) is 12.7. The molecule has 6 nitrogen and oxygen atoms in total. The van der Waals surface area contributed by atoms with Crippen LogP contribution in [-0.2, 0) is 10.2 Å². The molecule has 0 aliphatic carbocycles. The summed E-state index contributed by atoms with van der Waals surface area (Å²) in [7, 11) is 5.61. The van der Waals surface area contributed by atoms with Crippen molar-refractivity contribution in [2.75, 3.05) is 45.7 Å². The minimum atomic E-state index is -0.0334. The molecular weight excluding hydrogens is 360 g/mol. The van der Waals surface area contributed by atoms with E-state index in [1.165, 1.54) is 0 Å². The largest absolute Gasteiger partial charge is 0.497 e. The Balaban J connectivity index is 2.22. The van der Waals surface area contributed by atoms with E-state index in [0.29, 0.717) is 6.54 Å². The zero-order valence-electron chi connectivity index (χ0n) is 17.1. The molecule has 0 atom stereocenters. The lowest BCUT2D eigenvalue weighted by Gasteiger charge is -2.22. The topological polar surface area (TPSA) is 57.7 Å². The van der Waals surface area contributed by atoms with Crippen molar-refractivity contribution in [1.29, 1.82) is 0 Å². The van der Waals surface area contributed by atoms with Gasteiger partial charge in [-0.3, -0.25) is 4.79 Å². The molecule has 0 saturated heterocycles. The zero-order valence-corrected chi connectivity index (χ0v) is 17.9. The maximum absolute atomic E-state index is 12.5. The smallest absolute Gasteiger partial charge is 0.240 e. The van der Waals surface area contributed by atoms with Gasteiger partial charge in [-0.15, -0.1) is 11.3 Å². The summed E-state index contributed by atoms with van der Waals surface area (Å²) in [4.78, 5) is 21.3. The van der Waals surface area contributed by atoms with E-state index in [1.807, 2.05) is 48.2 Å². The first kappa shape index (κ1) is 21.2. The summed E-state index contributed by atoms with van der Waals surface area (Å²) >= 11 is 1.56. The minimum absolute atomic E-state index is 0.0276. The van der Waals surface area contributed by atoms with Crippen molar-refractivity contribution >= 4 is 28.1 Å². The van der Waals surface area contributed by atoms with Crippen LogP contribution in [0.1, 0.15) is 26.5 Å². The van der Waals surface area contributed by atoms with Gasteiger partial charge in [-0.1, -0.05) is 20.8 Å². The van der Waals surface area contributed by atoms with Crippen molar-refractivity contribution in [3.05, 3.63) is 35.3 Å². The average Bonchev–Trinajstić information content (AvgIpc) is 3.10. The number of nitrogens with zero attached hydrogens (tertiary/aromatic N) is 3. The molecule has 2 rings (SSSR count). The van der Waals surface area contributed by atoms with Gasteiger partial charge in [-0.25, -0.2) is 4.98 Å². The van der Waals surface area contributed by atoms with Crippen LogP contribution >= 0.6 is 11.3 Å². The van der Waals surface area contributed by atoms with Crippen LogP contribution < -0.4 is 15.0 Å². The predicted octanol–water partition coefficient (Wildman–Crippen LogP) is 3.27. The van der Waals surface area contributed by atoms with Crippen molar-refractivity contribution < 1.29 is 9.53 Å². The third-order valence-electron chi connectivity index (χ3n) is 4.06. The van der Waals surface area contributed by atoms with E-state index in [-0.39, 0.29) is 17.9 Å². The molecule has 7 heteroatoms. The molecule has 27 heavy (non-hydrogen) atoms. The molecule has 1 amide bonds. The van der Waals surface area contributed by atoms with E-state index in [1.54, 1.807) is 18.4 Å². The van der Waals surface area contributed by atoms with Gasteiger partial charge in [-0.2, -0.15) is 0 Å². The Morgan fingerprint density at radius 2 is 1.89 bits per heavy atom. The Morgan fingerprint density at radius 1 is 1.22 bits per heavy atom. The number of benzene rings is 1. The van der Waals surface area contributed by atoms with Crippen LogP contribution in [0.5, 0.6) is 5.75 Å². The van der Waals surface area contributed by atoms with Crippen molar-refractivity contribution in [2.24, 2.45) is 0 Å². The molecule has 0 aliphatic heterocycles. The van der Waals surface area contributed by atoms with Gasteiger partial charge < -0.3 is 19.9 Å². The Labute approximate surface area is 166 Å². The number of rotatable bonds is 8. The van der Waals surface area contributed by atoms with E-state index in [2.05, 4.69) is 31.5 Å². The van der Waals surface area contributed by atoms with Crippen LogP contribution in [0.25, 0.3) is 0 Å². The molecule has 0 aliphatic rings. The van der Waals surface area contributed by atoms with Gasteiger partial charge in [0.2, 0.25) is 5.91 Å². The molecule has 1 N–H and O–H groups in total. The van der Waals surface area contributed by atoms with Crippen molar-refractivity contribution in [3.63, 3.8) is 0 Å². The SMILES string of the molecule is COc1ccc(N(CC(=O)NCCN(C)C)c2nc(C(C)(C)C)cs2)cc1. The van der Waals surface area contributed by atoms with E-state index in [0.717, 1.165) is 28.8 Å². The highest BCUT2D eigenvalue weighted by atomic mass is 32.1. The second-order valence-corrected chi connectivity index (χ2v) is 8.54. The number of hydrogen-bond donors (Lipinski definition) is 1. The number of carbonyl (C=O) groups is 1. The molecule has 148 valence electrons. The standard InChI is InChI=1S/C20H30N4O2S/c1-20(2,3)17-14-27-19(22-17)24(13-18(25)21-11-12-23(4)5)15-7-9-16(26-6)10-8-15/h7-10,14H,11-13H2,1-6H3,(H,21,25). The third-order valence-corrected chi connectivity index (χ3v) is 4.92. The van der Waals surface area contributed by atoms with E-state index in [4.69, 9.17) is 9.72 Å². The molecule has 0 fully saturated rings. The fourth-order valence-corrected chi connectivity index (χ4v) is 3.45. The third kappa shape index (κ3) is 6.22. The Morgan fingerprint density at radius 3 is 2.41 bits per heavy atom. The summed E-state index contributed by atoms with van der Waals surface area (Å²) in [6, 6.07) is 7.68. The van der Waals surface area contributed by atoms with Gasteiger partial charge >= 0.3 is 0 Å². The van der Waals surface area contributed by atoms with E-state index in [9.17, 15) is 4.79 Å². The number of methoxy groups -OCH3 is 1. The van der Waals surface area contributed by atoms with Gasteiger partial charge in [0.05, 0.1) is 12.8 Å². The normalized spacial score (nSPS) is 11.5. The zero-order chi connectivity index (χ0) is 20.0. The van der Waals surface area contributed by atoms with E-state index >= 15 is 0 Å². The second-order valence-electron chi connectivity index (χ2n) is 7.70. The molecule has 2 aromatic rings. The number of hydrogen-bond acceptors (Lipinski definition) is 6. The molecule has 0 unspecified atom stereocenters. The summed E-state index contributed by atoms with van der Waals surface area (Å²) in [6.07, 6.45) is 0. The van der Waals surface area contributed by atoms with Crippen LogP contribution in [0.3, 0.4) is 0 Å². The summed E-state index contributed by atoms with van der Waals surface area (Å²) in [5, 5.41) is 5.85. The minimum Gasteiger partial charge on any atom is -0.497 e. The van der Waals surface area contributed by atoms with Crippen LogP contribution in [-0.4, -0.2) is 56.6 Å². The Hall–Kier alpha value is -2.12. The molecule has 0 spiro atoms. The summed E-state index contributed by atoms with van der Waals surface area (Å²) in [6.45, 7) is 8.05. The van der Waals surface area contributed by atoms with E-state index < -0.39 is 0 Å². The number of likely N-dealkylation sites (N-methyl/N-ethyl adjacent to an activating group) is 1. The van der Waals surface area contributed by atoms with Gasteiger partial charge in [-0.05, 0) is 38.4 Å². The lowest BCUT2D eigenvalue weighted by molar-refractivity contribution is -0.119. The number of nitrogens with one attached hydrogen (secondary N) is 1. The summed E-state index contributed by atoms with van der Waals surface area (Å²) in [5.74, 6) is 0.754. The maximum Gasteiger partial charge on any atom is 0.240 e. The number of anilines is 2. The summed E-state index contributed by atoms with van der Waals surface area (Å²) in [5.41, 5.74) is 1.90. The highest BCUT2D eigenvalue weighted by molar-refractivity contribution is 7.13. The molecule has 1 heterocycles. The monoisotopic (exact) mass is 390 g/mol. The number of amides is 1. The molecule has 1 aromatic carbocycles. The average molecular weight is 391 g/mol. The number of carbonyl (C=O) groups excluding carboxylic acids is 1. The summed E-state index contributed by atoms with van der Waals surface area (Å²) < 4.78 is 5.24. The van der Waals surface area contributed by atoms with Gasteiger partial charge in [0, 0.05) is 29.6 Å². The maximum atomic E-state index is 12.5. The predicted molar refractivity (Wildman–Crippen MR) is 112 cm³/mol. The first-order valence-corrected chi connectivity index (χ1v) is 9.87. The van der Waals surface area contributed by atoms with Crippen molar-refractivity contribution in [2.45, 2.75) is 26.2 Å². The fraction of sp³-hybridized carbons (Fsp3) is 0.500. The van der Waals surface area contributed by atoms with Gasteiger partial charge in [0.25, 0.3) is 0 Å². The Kier molecular flexibility index (Phi) is 7.21. The molecule has 0 saturated carbocycles. The van der Waals surface area contributed by atoms with Crippen molar-refractivity contribution in [3.8, 4) is 5.75 Å². The lowest BCUT2D eigenvalue weighted by Crippen LogP contribution is -2.38. The van der Waals surface area contributed by atoms with Crippen LogP contribution in [0.4, 0.5) is 10.8 Å². The quantitative estimate of drug-likeness (QED) is 0.750. The Bertz CT molecular complexity index is 735. The molecule has 0 radical (unpaired) electrons. The van der Waals surface area contributed by atoms with Crippen LogP contribution in [0, 0.1) is 0 Å². The van der Waals surface area contributed by atoms with Gasteiger partial charge in [0.15, 0.2) is 5.13 Å². The van der Waals surface area contributed by atoms with Crippen LogP contribution in [0.2, 0.25) is 0 Å². The second kappa shape index (κ2) is 9.19. The van der Waals surface area contributed by atoms with Crippen molar-refractivity contribution in [1.82, 2.24) is 15.2 Å². The number of thiazole rings is 1. The lowest BCUT2D eigenvalue weighted by atomic mass is 9.93. The highest BCUT2D eigenvalue weighted by Crippen LogP contribution is 2.33. The van der Waals surface area contributed by atoms with Gasteiger partial charge in [0.1, 0.15) is 12.3 Å². The number of aromatic nitrogens is 1. The molecule has 1 aromatic heterocycles. The molecular formula is C20H30N4O2S. The fourth-order valence-electron chi connectivity index (χ4n) is 2.38. The number of ether oxygens (including phenoxy) is 1. The highest BCUT2D eigenvalue weighted by Gasteiger charge is 2.22. The van der Waals surface area contributed by atoms with Crippen LogP contribution in [0.15, 0.2) is 29.6 Å². The first-order valence-electron chi connectivity index (χ1n) is 8.99.